The Morgan fingerprint density at radius 2 is 1.68 bits per heavy atom. The summed E-state index contributed by atoms with van der Waals surface area (Å²) in [6.45, 7) is 1.86. The predicted molar refractivity (Wildman–Crippen MR) is 97.5 cm³/mol. The smallest absolute Gasteiger partial charge is 0.305 e. The van der Waals surface area contributed by atoms with Crippen molar-refractivity contribution in [1.82, 2.24) is 13.9 Å². The number of rotatable bonds is 4. The summed E-state index contributed by atoms with van der Waals surface area (Å²) < 4.78 is 30.3. The van der Waals surface area contributed by atoms with Crippen molar-refractivity contribution < 1.29 is 8.42 Å². The van der Waals surface area contributed by atoms with Crippen LogP contribution >= 0.6 is 11.3 Å². The largest absolute Gasteiger partial charge is 0.316 e. The van der Waals surface area contributed by atoms with Crippen LogP contribution in [0.1, 0.15) is 10.4 Å². The van der Waals surface area contributed by atoms with Crippen LogP contribution in [0.15, 0.2) is 44.1 Å². The van der Waals surface area contributed by atoms with Gasteiger partial charge in [0, 0.05) is 25.5 Å². The van der Waals surface area contributed by atoms with E-state index in [1.807, 2.05) is 17.5 Å². The molecule has 1 N–H and O–H groups in total. The van der Waals surface area contributed by atoms with Crippen molar-refractivity contribution in [2.75, 3.05) is 0 Å². The van der Waals surface area contributed by atoms with Crippen molar-refractivity contribution in [2.45, 2.75) is 18.4 Å². The number of nitrogens with one attached hydrogen (secondary N) is 1. The van der Waals surface area contributed by atoms with E-state index in [1.165, 1.54) is 40.6 Å². The van der Waals surface area contributed by atoms with Crippen molar-refractivity contribution in [3.8, 4) is 0 Å². The number of aromatic nitrogens is 2. The van der Waals surface area contributed by atoms with Gasteiger partial charge in [0.25, 0.3) is 0 Å². The molecule has 7 nitrogen and oxygen atoms in total. The van der Waals surface area contributed by atoms with Gasteiger partial charge in [-0.15, -0.1) is 11.3 Å². The third-order valence-corrected chi connectivity index (χ3v) is 6.51. The maximum absolute atomic E-state index is 12.7. The summed E-state index contributed by atoms with van der Waals surface area (Å²) in [5.41, 5.74) is 0.0328. The molecule has 0 spiro atoms. The fourth-order valence-corrected chi connectivity index (χ4v) is 4.64. The van der Waals surface area contributed by atoms with Crippen LogP contribution in [-0.4, -0.2) is 17.6 Å². The van der Waals surface area contributed by atoms with Gasteiger partial charge in [-0.3, -0.25) is 9.59 Å². The van der Waals surface area contributed by atoms with Gasteiger partial charge in [-0.25, -0.2) is 13.1 Å². The second-order valence-electron chi connectivity index (χ2n) is 5.74. The zero-order valence-electron chi connectivity index (χ0n) is 13.9. The molecule has 0 radical (unpaired) electrons. The second kappa shape index (κ2) is 6.25. The molecule has 0 saturated carbocycles. The Kier molecular flexibility index (Phi) is 4.40. The van der Waals surface area contributed by atoms with Gasteiger partial charge >= 0.3 is 11.1 Å². The fraction of sp³-hybridized carbons (Fsp3) is 0.250. The van der Waals surface area contributed by atoms with Crippen LogP contribution in [0.25, 0.3) is 11.0 Å². The third-order valence-electron chi connectivity index (χ3n) is 4.09. The lowest BCUT2D eigenvalue weighted by Crippen LogP contribution is -2.39. The van der Waals surface area contributed by atoms with Crippen molar-refractivity contribution in [3.05, 3.63) is 60.8 Å². The lowest BCUT2D eigenvalue weighted by atomic mass is 10.2. The normalized spacial score (nSPS) is 12.0. The minimum absolute atomic E-state index is 0.0882. The summed E-state index contributed by atoms with van der Waals surface area (Å²) in [7, 11) is -0.807. The summed E-state index contributed by atoms with van der Waals surface area (Å²) in [5.74, 6) is 0. The molecule has 25 heavy (non-hydrogen) atoms. The first-order chi connectivity index (χ1) is 11.7. The molecule has 2 heterocycles. The molecule has 132 valence electrons. The summed E-state index contributed by atoms with van der Waals surface area (Å²) in [4.78, 5) is 24.9. The van der Waals surface area contributed by atoms with Crippen molar-refractivity contribution in [2.24, 2.45) is 14.1 Å². The number of sulfonamides is 1. The van der Waals surface area contributed by atoms with E-state index in [4.69, 9.17) is 0 Å². The van der Waals surface area contributed by atoms with Crippen LogP contribution in [0.3, 0.4) is 0 Å². The molecule has 0 unspecified atom stereocenters. The Morgan fingerprint density at radius 1 is 1.08 bits per heavy atom. The highest BCUT2D eigenvalue weighted by Gasteiger charge is 2.20. The molecule has 2 aromatic heterocycles. The molecular weight excluding hydrogens is 362 g/mol. The average Bonchev–Trinajstić information content (AvgIpc) is 3.09. The standard InChI is InChI=1S/C16H17N3O4S2/c1-10-7-12-13(19(3)16(21)15(20)18(12)2)8-14(10)25(22,23)17-9-11-5-4-6-24-11/h4-8,17H,9H2,1-3H3. The Hall–Kier alpha value is -2.23. The van der Waals surface area contributed by atoms with Crippen molar-refractivity contribution in [1.29, 1.82) is 0 Å². The van der Waals surface area contributed by atoms with Gasteiger partial charge in [0.2, 0.25) is 10.0 Å². The maximum Gasteiger partial charge on any atom is 0.316 e. The Balaban J connectivity index is 2.15. The summed E-state index contributed by atoms with van der Waals surface area (Å²) in [6, 6.07) is 6.74. The molecule has 0 fully saturated rings. The topological polar surface area (TPSA) is 90.2 Å². The van der Waals surface area contributed by atoms with E-state index >= 15 is 0 Å². The SMILES string of the molecule is Cc1cc2c(cc1S(=O)(=O)NCc1cccs1)n(C)c(=O)c(=O)n2C. The fourth-order valence-electron chi connectivity index (χ4n) is 2.65. The van der Waals surface area contributed by atoms with E-state index in [-0.39, 0.29) is 11.4 Å². The molecule has 1 aromatic carbocycles. The quantitative estimate of drug-likeness (QED) is 0.687. The minimum Gasteiger partial charge on any atom is -0.305 e. The Labute approximate surface area is 148 Å². The van der Waals surface area contributed by atoms with Crippen LogP contribution in [0, 0.1) is 6.92 Å². The number of aryl methyl sites for hydroxylation is 3. The number of nitrogens with zero attached hydrogens (tertiary/aromatic N) is 2. The van der Waals surface area contributed by atoms with Crippen LogP contribution in [0.2, 0.25) is 0 Å². The number of thiophene rings is 1. The highest BCUT2D eigenvalue weighted by Crippen LogP contribution is 2.22. The van der Waals surface area contributed by atoms with Gasteiger partial charge in [0.1, 0.15) is 0 Å². The van der Waals surface area contributed by atoms with E-state index in [0.29, 0.717) is 16.6 Å². The molecule has 3 rings (SSSR count). The van der Waals surface area contributed by atoms with Gasteiger partial charge in [-0.2, -0.15) is 0 Å². The lowest BCUT2D eigenvalue weighted by Gasteiger charge is -2.14. The van der Waals surface area contributed by atoms with Gasteiger partial charge in [0.05, 0.1) is 15.9 Å². The van der Waals surface area contributed by atoms with Gasteiger partial charge in [0.15, 0.2) is 0 Å². The van der Waals surface area contributed by atoms with Crippen LogP contribution < -0.4 is 15.8 Å². The van der Waals surface area contributed by atoms with Crippen LogP contribution in [0.4, 0.5) is 0 Å². The first kappa shape index (κ1) is 17.6. The molecule has 0 aliphatic carbocycles. The van der Waals surface area contributed by atoms with Crippen molar-refractivity contribution in [3.63, 3.8) is 0 Å². The predicted octanol–water partition coefficient (Wildman–Crippen LogP) is 1.09. The summed E-state index contributed by atoms with van der Waals surface area (Å²) in [6.07, 6.45) is 0. The third kappa shape index (κ3) is 3.06. The lowest BCUT2D eigenvalue weighted by molar-refractivity contribution is 0.581. The summed E-state index contributed by atoms with van der Waals surface area (Å²) in [5, 5.41) is 1.88. The molecule has 0 saturated heterocycles. The zero-order valence-corrected chi connectivity index (χ0v) is 15.6. The van der Waals surface area contributed by atoms with Gasteiger partial charge in [-0.1, -0.05) is 6.07 Å². The molecule has 0 amide bonds. The van der Waals surface area contributed by atoms with E-state index in [0.717, 1.165) is 4.88 Å². The minimum atomic E-state index is -3.76. The summed E-state index contributed by atoms with van der Waals surface area (Å²) >= 11 is 1.46. The molecule has 3 aromatic rings. The van der Waals surface area contributed by atoms with E-state index < -0.39 is 21.1 Å². The molecule has 0 bridgehead atoms. The van der Waals surface area contributed by atoms with Crippen molar-refractivity contribution >= 4 is 32.4 Å². The molecule has 0 atom stereocenters. The highest BCUT2D eigenvalue weighted by molar-refractivity contribution is 7.89. The number of fused-ring (bicyclic) bond motifs is 1. The molecule has 0 aliphatic heterocycles. The number of hydrogen-bond donors (Lipinski definition) is 1. The number of hydrogen-bond acceptors (Lipinski definition) is 5. The first-order valence-corrected chi connectivity index (χ1v) is 9.81. The zero-order chi connectivity index (χ0) is 18.4. The molecular formula is C16H17N3O4S2. The average molecular weight is 379 g/mol. The number of benzene rings is 1. The second-order valence-corrected chi connectivity index (χ2v) is 8.51. The Bertz CT molecular complexity index is 1170. The monoisotopic (exact) mass is 379 g/mol. The Morgan fingerprint density at radius 3 is 2.24 bits per heavy atom. The van der Waals surface area contributed by atoms with E-state index in [2.05, 4.69) is 4.72 Å². The highest BCUT2D eigenvalue weighted by atomic mass is 32.2. The van der Waals surface area contributed by atoms with Crippen LogP contribution in [0.5, 0.6) is 0 Å². The van der Waals surface area contributed by atoms with E-state index in [9.17, 15) is 18.0 Å². The van der Waals surface area contributed by atoms with Gasteiger partial charge in [-0.05, 0) is 36.1 Å². The maximum atomic E-state index is 12.7. The van der Waals surface area contributed by atoms with Crippen LogP contribution in [-0.2, 0) is 30.7 Å². The first-order valence-electron chi connectivity index (χ1n) is 7.45. The van der Waals surface area contributed by atoms with Gasteiger partial charge < -0.3 is 9.13 Å². The van der Waals surface area contributed by atoms with E-state index in [1.54, 1.807) is 13.0 Å². The molecule has 9 heteroatoms. The molecule has 0 aliphatic rings.